The lowest BCUT2D eigenvalue weighted by atomic mass is 10.1. The van der Waals surface area contributed by atoms with Gasteiger partial charge in [0.05, 0.1) is 12.9 Å². The minimum atomic E-state index is -0.748. The van der Waals surface area contributed by atoms with Gasteiger partial charge in [0.25, 0.3) is 0 Å². The third-order valence-electron chi connectivity index (χ3n) is 5.04. The highest BCUT2D eigenvalue weighted by Crippen LogP contribution is 2.43. The summed E-state index contributed by atoms with van der Waals surface area (Å²) < 4.78 is 19.8. The Morgan fingerprint density at radius 3 is 2.66 bits per heavy atom. The number of aliphatic hydroxyl groups is 1. The molecule has 4 heterocycles. The van der Waals surface area contributed by atoms with E-state index in [9.17, 15) is 5.11 Å². The number of aromatic nitrogens is 4. The number of hydrogen-bond donors (Lipinski definition) is 1. The second-order valence-electron chi connectivity index (χ2n) is 7.47. The lowest BCUT2D eigenvalue weighted by Crippen LogP contribution is -2.31. The molecule has 1 N–H and O–H groups in total. The topological polar surface area (TPSA) is 91.5 Å². The van der Waals surface area contributed by atoms with Gasteiger partial charge in [-0.25, -0.2) is 15.0 Å². The second kappa shape index (κ2) is 6.90. The molecule has 1 aromatic carbocycles. The number of benzene rings is 1. The summed E-state index contributed by atoms with van der Waals surface area (Å²) in [7, 11) is 0. The Labute approximate surface area is 167 Å². The standard InChI is InChI=1S/C21H20N4O4/c1-21(2)28-17-15(10-26)27-20(18(17)29-21)25-12-24-16-14(22-11-23-19(16)25)9-8-13-6-4-3-5-7-13/h3-7,11-12,15,17-18,20,26H,10H2,1-2H3/t15-,17-,18-,20-/m1/s1. The molecular weight excluding hydrogens is 372 g/mol. The van der Waals surface area contributed by atoms with Crippen molar-refractivity contribution in [3.05, 3.63) is 54.2 Å². The van der Waals surface area contributed by atoms with Crippen LogP contribution in [0.25, 0.3) is 11.2 Å². The van der Waals surface area contributed by atoms with Gasteiger partial charge < -0.3 is 19.3 Å². The van der Waals surface area contributed by atoms with Crippen LogP contribution in [0.15, 0.2) is 43.0 Å². The SMILES string of the molecule is CC1(C)O[C@@H]2[C@H](O1)[C@@H](CO)O[C@H]2n1cnc2c(C#Cc3ccccc3)ncnc21. The maximum Gasteiger partial charge on any atom is 0.166 e. The number of imidazole rings is 1. The molecule has 2 aliphatic rings. The van der Waals surface area contributed by atoms with E-state index in [2.05, 4.69) is 26.8 Å². The van der Waals surface area contributed by atoms with E-state index in [1.54, 1.807) is 10.9 Å². The zero-order valence-electron chi connectivity index (χ0n) is 16.0. The highest BCUT2D eigenvalue weighted by Gasteiger charge is 2.55. The first-order chi connectivity index (χ1) is 14.1. The number of nitrogens with zero attached hydrogens (tertiary/aromatic N) is 4. The summed E-state index contributed by atoms with van der Waals surface area (Å²) in [6.45, 7) is 3.54. The summed E-state index contributed by atoms with van der Waals surface area (Å²) in [4.78, 5) is 13.1. The van der Waals surface area contributed by atoms with Gasteiger partial charge in [-0.05, 0) is 31.9 Å². The average Bonchev–Trinajstić information content (AvgIpc) is 3.37. The molecule has 2 fully saturated rings. The molecule has 0 aliphatic carbocycles. The first kappa shape index (κ1) is 18.2. The highest BCUT2D eigenvalue weighted by atomic mass is 16.8. The fourth-order valence-electron chi connectivity index (χ4n) is 3.81. The van der Waals surface area contributed by atoms with Crippen LogP contribution in [0.5, 0.6) is 0 Å². The van der Waals surface area contributed by atoms with Gasteiger partial charge in [0.15, 0.2) is 17.7 Å². The van der Waals surface area contributed by atoms with E-state index in [-0.39, 0.29) is 18.8 Å². The van der Waals surface area contributed by atoms with E-state index in [1.165, 1.54) is 6.33 Å². The van der Waals surface area contributed by atoms with Crippen molar-refractivity contribution in [2.75, 3.05) is 6.61 Å². The van der Waals surface area contributed by atoms with Crippen LogP contribution >= 0.6 is 0 Å². The molecular formula is C21H20N4O4. The van der Waals surface area contributed by atoms with Gasteiger partial charge >= 0.3 is 0 Å². The smallest absolute Gasteiger partial charge is 0.166 e. The molecule has 0 spiro atoms. The molecule has 2 aliphatic heterocycles. The number of aliphatic hydroxyl groups excluding tert-OH is 1. The van der Waals surface area contributed by atoms with Crippen LogP contribution in [0.3, 0.4) is 0 Å². The predicted molar refractivity (Wildman–Crippen MR) is 103 cm³/mol. The fraction of sp³-hybridized carbons (Fsp3) is 0.381. The lowest BCUT2D eigenvalue weighted by molar-refractivity contribution is -0.199. The minimum absolute atomic E-state index is 0.160. The van der Waals surface area contributed by atoms with Gasteiger partial charge in [-0.2, -0.15) is 0 Å². The number of rotatable bonds is 2. The van der Waals surface area contributed by atoms with Gasteiger partial charge in [-0.3, -0.25) is 4.57 Å². The Balaban J connectivity index is 1.52. The Hall–Kier alpha value is -2.83. The van der Waals surface area contributed by atoms with Gasteiger partial charge in [0.2, 0.25) is 0 Å². The molecule has 0 bridgehead atoms. The Bertz CT molecular complexity index is 1100. The van der Waals surface area contributed by atoms with E-state index in [0.29, 0.717) is 16.9 Å². The maximum absolute atomic E-state index is 9.70. The monoisotopic (exact) mass is 392 g/mol. The van der Waals surface area contributed by atoms with Gasteiger partial charge in [0.1, 0.15) is 35.8 Å². The van der Waals surface area contributed by atoms with E-state index < -0.39 is 18.1 Å². The van der Waals surface area contributed by atoms with Gasteiger partial charge in [-0.1, -0.05) is 24.1 Å². The quantitative estimate of drug-likeness (QED) is 0.663. The summed E-state index contributed by atoms with van der Waals surface area (Å²) in [5, 5.41) is 9.70. The van der Waals surface area contributed by atoms with Crippen molar-refractivity contribution in [1.82, 2.24) is 19.5 Å². The van der Waals surface area contributed by atoms with Crippen LogP contribution in [-0.2, 0) is 14.2 Å². The van der Waals surface area contributed by atoms with Gasteiger partial charge in [0, 0.05) is 5.56 Å². The van der Waals surface area contributed by atoms with E-state index in [0.717, 1.165) is 5.56 Å². The summed E-state index contributed by atoms with van der Waals surface area (Å²) >= 11 is 0. The molecule has 3 aromatic rings. The van der Waals surface area contributed by atoms with Crippen molar-refractivity contribution in [3.8, 4) is 11.8 Å². The molecule has 29 heavy (non-hydrogen) atoms. The van der Waals surface area contributed by atoms with Crippen molar-refractivity contribution in [2.24, 2.45) is 0 Å². The molecule has 148 valence electrons. The molecule has 5 rings (SSSR count). The van der Waals surface area contributed by atoms with Crippen molar-refractivity contribution in [2.45, 2.75) is 44.2 Å². The first-order valence-electron chi connectivity index (χ1n) is 9.42. The van der Waals surface area contributed by atoms with Crippen LogP contribution in [0.2, 0.25) is 0 Å². The molecule has 0 amide bonds. The number of ether oxygens (including phenoxy) is 3. The third kappa shape index (κ3) is 3.18. The van der Waals surface area contributed by atoms with E-state index >= 15 is 0 Å². The van der Waals surface area contributed by atoms with Crippen molar-refractivity contribution in [1.29, 1.82) is 0 Å². The second-order valence-corrected chi connectivity index (χ2v) is 7.47. The van der Waals surface area contributed by atoms with E-state index in [1.807, 2.05) is 44.2 Å². The molecule has 2 saturated heterocycles. The zero-order valence-corrected chi connectivity index (χ0v) is 16.0. The fourth-order valence-corrected chi connectivity index (χ4v) is 3.81. The number of fused-ring (bicyclic) bond motifs is 2. The molecule has 8 heteroatoms. The number of hydrogen-bond acceptors (Lipinski definition) is 7. The van der Waals surface area contributed by atoms with Gasteiger partial charge in [-0.15, -0.1) is 0 Å². The summed E-state index contributed by atoms with van der Waals surface area (Å²) in [5.74, 6) is 5.42. The molecule has 0 radical (unpaired) electrons. The average molecular weight is 392 g/mol. The van der Waals surface area contributed by atoms with Crippen LogP contribution in [0.1, 0.15) is 31.3 Å². The molecule has 8 nitrogen and oxygen atoms in total. The van der Waals surface area contributed by atoms with Crippen LogP contribution in [0, 0.1) is 11.8 Å². The Kier molecular flexibility index (Phi) is 4.33. The van der Waals surface area contributed by atoms with Crippen molar-refractivity contribution in [3.63, 3.8) is 0 Å². The Morgan fingerprint density at radius 1 is 1.07 bits per heavy atom. The largest absolute Gasteiger partial charge is 0.394 e. The van der Waals surface area contributed by atoms with Crippen LogP contribution in [0.4, 0.5) is 0 Å². The molecule has 2 aromatic heterocycles. The summed E-state index contributed by atoms with van der Waals surface area (Å²) in [5.41, 5.74) is 2.61. The molecule has 0 unspecified atom stereocenters. The Morgan fingerprint density at radius 2 is 1.86 bits per heavy atom. The molecule has 0 saturated carbocycles. The third-order valence-corrected chi connectivity index (χ3v) is 5.04. The van der Waals surface area contributed by atoms with Crippen LogP contribution in [-0.4, -0.2) is 55.3 Å². The zero-order chi connectivity index (χ0) is 20.0. The first-order valence-corrected chi connectivity index (χ1v) is 9.42. The molecule has 4 atom stereocenters. The van der Waals surface area contributed by atoms with Crippen molar-refractivity contribution < 1.29 is 19.3 Å². The lowest BCUT2D eigenvalue weighted by Gasteiger charge is -2.24. The van der Waals surface area contributed by atoms with Crippen LogP contribution < -0.4 is 0 Å². The van der Waals surface area contributed by atoms with E-state index in [4.69, 9.17) is 14.2 Å². The highest BCUT2D eigenvalue weighted by molar-refractivity contribution is 5.76. The van der Waals surface area contributed by atoms with Crippen molar-refractivity contribution >= 4 is 11.2 Å². The summed E-state index contributed by atoms with van der Waals surface area (Å²) in [6.07, 6.45) is 1.35. The maximum atomic E-state index is 9.70. The summed E-state index contributed by atoms with van der Waals surface area (Å²) in [6, 6.07) is 9.69. The normalized spacial score (nSPS) is 27.6. The minimum Gasteiger partial charge on any atom is -0.394 e. The predicted octanol–water partition coefficient (Wildman–Crippen LogP) is 1.64.